The van der Waals surface area contributed by atoms with Crippen LogP contribution in [0.15, 0.2) is 0 Å². The molecular weight excluding hydrogens is 196 g/mol. The molecule has 0 atom stereocenters. The fraction of sp³-hybridized carbons (Fsp3) is 0.727. The number of alkyl halides is 1. The van der Waals surface area contributed by atoms with Crippen LogP contribution >= 0.6 is 11.6 Å². The maximum atomic E-state index is 5.80. The Morgan fingerprint density at radius 3 is 2.29 bits per heavy atom. The van der Waals surface area contributed by atoms with Gasteiger partial charge < -0.3 is 0 Å². The minimum Gasteiger partial charge on any atom is -0.282 e. The summed E-state index contributed by atoms with van der Waals surface area (Å²) < 4.78 is 0. The van der Waals surface area contributed by atoms with E-state index in [-0.39, 0.29) is 0 Å². The molecule has 0 amide bonds. The maximum Gasteiger partial charge on any atom is 0.0682 e. The zero-order valence-corrected chi connectivity index (χ0v) is 10.2. The summed E-state index contributed by atoms with van der Waals surface area (Å²) >= 11 is 5.80. The normalized spacial score (nSPS) is 11.6. The highest BCUT2D eigenvalue weighted by atomic mass is 35.5. The lowest BCUT2D eigenvalue weighted by Crippen LogP contribution is -1.99. The second-order valence-corrected chi connectivity index (χ2v) is 4.63. The molecule has 1 heterocycles. The van der Waals surface area contributed by atoms with Crippen molar-refractivity contribution in [3.05, 3.63) is 17.0 Å². The van der Waals surface area contributed by atoms with E-state index in [1.807, 2.05) is 0 Å². The Kier molecular flexibility index (Phi) is 3.99. The van der Waals surface area contributed by atoms with E-state index in [1.54, 1.807) is 0 Å². The van der Waals surface area contributed by atoms with Crippen molar-refractivity contribution in [3.8, 4) is 0 Å². The number of rotatable bonds is 4. The predicted octanol–water partition coefficient (Wildman–Crippen LogP) is 3.44. The highest BCUT2D eigenvalue weighted by molar-refractivity contribution is 6.18. The summed E-state index contributed by atoms with van der Waals surface area (Å²) in [7, 11) is 0. The Balaban J connectivity index is 3.06. The van der Waals surface area contributed by atoms with Crippen LogP contribution in [0.2, 0.25) is 0 Å². The maximum absolute atomic E-state index is 5.80. The van der Waals surface area contributed by atoms with Crippen molar-refractivity contribution < 1.29 is 0 Å². The van der Waals surface area contributed by atoms with Gasteiger partial charge in [-0.05, 0) is 23.8 Å². The first-order valence-electron chi connectivity index (χ1n) is 5.20. The van der Waals surface area contributed by atoms with Gasteiger partial charge in [0.05, 0.1) is 5.69 Å². The quantitative estimate of drug-likeness (QED) is 0.765. The van der Waals surface area contributed by atoms with Crippen LogP contribution in [0.3, 0.4) is 0 Å². The van der Waals surface area contributed by atoms with Crippen LogP contribution in [0.1, 0.15) is 56.5 Å². The van der Waals surface area contributed by atoms with Crippen molar-refractivity contribution in [1.29, 1.82) is 0 Å². The number of hydrogen-bond donors (Lipinski definition) is 1. The van der Waals surface area contributed by atoms with Crippen LogP contribution in [0.5, 0.6) is 0 Å². The highest BCUT2D eigenvalue weighted by Gasteiger charge is 2.16. The van der Waals surface area contributed by atoms with Crippen LogP contribution in [0, 0.1) is 0 Å². The molecule has 1 rings (SSSR count). The molecule has 0 bridgehead atoms. The van der Waals surface area contributed by atoms with E-state index in [1.165, 1.54) is 17.0 Å². The second kappa shape index (κ2) is 4.83. The molecule has 0 saturated carbocycles. The van der Waals surface area contributed by atoms with Gasteiger partial charge in [-0.3, -0.25) is 5.10 Å². The zero-order chi connectivity index (χ0) is 10.7. The van der Waals surface area contributed by atoms with Gasteiger partial charge in [-0.25, -0.2) is 0 Å². The van der Waals surface area contributed by atoms with Crippen molar-refractivity contribution in [2.75, 3.05) is 5.88 Å². The molecule has 0 unspecified atom stereocenters. The fourth-order valence-electron chi connectivity index (χ4n) is 1.71. The Bertz CT molecular complexity index is 264. The lowest BCUT2D eigenvalue weighted by atomic mass is 9.97. The van der Waals surface area contributed by atoms with E-state index in [2.05, 4.69) is 37.9 Å². The van der Waals surface area contributed by atoms with Gasteiger partial charge in [-0.2, -0.15) is 5.10 Å². The molecule has 3 heteroatoms. The van der Waals surface area contributed by atoms with Crippen molar-refractivity contribution in [1.82, 2.24) is 10.2 Å². The first-order valence-corrected chi connectivity index (χ1v) is 5.74. The smallest absolute Gasteiger partial charge is 0.0682 e. The summed E-state index contributed by atoms with van der Waals surface area (Å²) in [6, 6.07) is 0. The minimum atomic E-state index is 0.469. The van der Waals surface area contributed by atoms with Crippen molar-refractivity contribution in [2.45, 2.75) is 46.0 Å². The molecule has 1 aromatic rings. The van der Waals surface area contributed by atoms with Crippen LogP contribution < -0.4 is 0 Å². The van der Waals surface area contributed by atoms with Crippen LogP contribution in [0.4, 0.5) is 0 Å². The van der Waals surface area contributed by atoms with E-state index >= 15 is 0 Å². The van der Waals surface area contributed by atoms with E-state index in [0.717, 1.165) is 6.42 Å². The van der Waals surface area contributed by atoms with Gasteiger partial charge in [0.2, 0.25) is 0 Å². The highest BCUT2D eigenvalue weighted by Crippen LogP contribution is 2.25. The lowest BCUT2D eigenvalue weighted by Gasteiger charge is -2.08. The van der Waals surface area contributed by atoms with E-state index in [4.69, 9.17) is 11.6 Å². The largest absolute Gasteiger partial charge is 0.282 e. The van der Waals surface area contributed by atoms with Gasteiger partial charge in [-0.15, -0.1) is 11.6 Å². The molecule has 1 N–H and O–H groups in total. The summed E-state index contributed by atoms with van der Waals surface area (Å²) in [6.07, 6.45) is 0.916. The van der Waals surface area contributed by atoms with Gasteiger partial charge in [0.15, 0.2) is 0 Å². The summed E-state index contributed by atoms with van der Waals surface area (Å²) in [4.78, 5) is 0. The van der Waals surface area contributed by atoms with Crippen LogP contribution in [0.25, 0.3) is 0 Å². The Morgan fingerprint density at radius 1 is 1.21 bits per heavy atom. The molecule has 0 aliphatic rings. The average molecular weight is 215 g/mol. The molecule has 80 valence electrons. The molecule has 0 spiro atoms. The first-order chi connectivity index (χ1) is 6.57. The second-order valence-electron chi connectivity index (χ2n) is 4.25. The summed E-state index contributed by atoms with van der Waals surface area (Å²) in [5.74, 6) is 1.63. The number of aromatic amines is 1. The third-order valence-electron chi connectivity index (χ3n) is 2.40. The number of hydrogen-bond acceptors (Lipinski definition) is 1. The molecule has 2 nitrogen and oxygen atoms in total. The molecule has 0 saturated heterocycles. The Labute approximate surface area is 91.1 Å². The van der Waals surface area contributed by atoms with Crippen LogP contribution in [-0.2, 0) is 6.42 Å². The number of halogens is 1. The zero-order valence-electron chi connectivity index (χ0n) is 9.39. The number of nitrogens with zero attached hydrogens (tertiary/aromatic N) is 1. The molecule has 0 aliphatic carbocycles. The number of aromatic nitrogens is 2. The summed E-state index contributed by atoms with van der Waals surface area (Å²) in [6.45, 7) is 8.68. The van der Waals surface area contributed by atoms with Gasteiger partial charge >= 0.3 is 0 Å². The first kappa shape index (κ1) is 11.6. The predicted molar refractivity (Wildman–Crippen MR) is 61.2 cm³/mol. The monoisotopic (exact) mass is 214 g/mol. The number of nitrogens with one attached hydrogen (secondary N) is 1. The summed E-state index contributed by atoms with van der Waals surface area (Å²) in [5.41, 5.74) is 3.74. The molecule has 0 aromatic carbocycles. The molecule has 0 aliphatic heterocycles. The molecule has 14 heavy (non-hydrogen) atoms. The third-order valence-corrected chi connectivity index (χ3v) is 2.59. The van der Waals surface area contributed by atoms with Crippen molar-refractivity contribution >= 4 is 11.6 Å². The van der Waals surface area contributed by atoms with Gasteiger partial charge in [0.25, 0.3) is 0 Å². The minimum absolute atomic E-state index is 0.469. The SMILES string of the molecule is CC(C)c1n[nH]c(C(C)C)c1CCCl. The average Bonchev–Trinajstić information content (AvgIpc) is 2.48. The lowest BCUT2D eigenvalue weighted by molar-refractivity contribution is 0.791. The molecule has 0 radical (unpaired) electrons. The van der Waals surface area contributed by atoms with E-state index < -0.39 is 0 Å². The molecular formula is C11H19ClN2. The van der Waals surface area contributed by atoms with E-state index in [9.17, 15) is 0 Å². The van der Waals surface area contributed by atoms with Gasteiger partial charge in [0, 0.05) is 11.6 Å². The van der Waals surface area contributed by atoms with Gasteiger partial charge in [0.1, 0.15) is 0 Å². The topological polar surface area (TPSA) is 28.7 Å². The van der Waals surface area contributed by atoms with Crippen molar-refractivity contribution in [3.63, 3.8) is 0 Å². The Morgan fingerprint density at radius 2 is 1.86 bits per heavy atom. The number of H-pyrrole nitrogens is 1. The molecule has 1 aromatic heterocycles. The fourth-order valence-corrected chi connectivity index (χ4v) is 1.89. The van der Waals surface area contributed by atoms with Crippen molar-refractivity contribution in [2.24, 2.45) is 0 Å². The van der Waals surface area contributed by atoms with Crippen LogP contribution in [-0.4, -0.2) is 16.1 Å². The molecule has 0 fully saturated rings. The Hall–Kier alpha value is -0.500. The standard InChI is InChI=1S/C11H19ClN2/c1-7(2)10-9(5-6-12)11(8(3)4)14-13-10/h7-8H,5-6H2,1-4H3,(H,13,14). The van der Waals surface area contributed by atoms with Gasteiger partial charge in [-0.1, -0.05) is 27.7 Å². The van der Waals surface area contributed by atoms with E-state index in [0.29, 0.717) is 17.7 Å². The third kappa shape index (κ3) is 2.30. The summed E-state index contributed by atoms with van der Waals surface area (Å²) in [5, 5.41) is 7.50.